The van der Waals surface area contributed by atoms with E-state index in [4.69, 9.17) is 4.42 Å². The summed E-state index contributed by atoms with van der Waals surface area (Å²) in [6.07, 6.45) is 3.41. The summed E-state index contributed by atoms with van der Waals surface area (Å²) in [5.41, 5.74) is 3.12. The third-order valence-electron chi connectivity index (χ3n) is 5.35. The fourth-order valence-electron chi connectivity index (χ4n) is 3.54. The average molecular weight is 423 g/mol. The maximum atomic E-state index is 12.9. The van der Waals surface area contributed by atoms with Gasteiger partial charge in [-0.15, -0.1) is 0 Å². The highest BCUT2D eigenvalue weighted by Crippen LogP contribution is 2.25. The zero-order valence-electron chi connectivity index (χ0n) is 18.1. The van der Waals surface area contributed by atoms with Gasteiger partial charge >= 0.3 is 5.63 Å². The predicted octanol–water partition coefficient (Wildman–Crippen LogP) is 4.46. The van der Waals surface area contributed by atoms with Gasteiger partial charge in [-0.05, 0) is 68.7 Å². The van der Waals surface area contributed by atoms with Gasteiger partial charge in [0.2, 0.25) is 5.91 Å². The largest absolute Gasteiger partial charge is 0.422 e. The zero-order chi connectivity index (χ0) is 22.4. The quantitative estimate of drug-likeness (QED) is 0.430. The molecule has 5 nitrogen and oxygen atoms in total. The Bertz CT molecular complexity index is 1150. The number of nitrogens with one attached hydrogen (secondary N) is 1. The Balaban J connectivity index is 1.72. The second-order valence-electron chi connectivity index (χ2n) is 7.28. The fourth-order valence-corrected chi connectivity index (χ4v) is 3.54. The Morgan fingerprint density at radius 1 is 1.13 bits per heavy atom. The van der Waals surface area contributed by atoms with Crippen molar-refractivity contribution < 1.29 is 13.6 Å². The number of benzene rings is 2. The number of anilines is 1. The molecule has 1 aromatic heterocycles. The molecule has 0 saturated carbocycles. The van der Waals surface area contributed by atoms with Crippen LogP contribution in [0, 0.1) is 12.7 Å². The van der Waals surface area contributed by atoms with Crippen LogP contribution >= 0.6 is 0 Å². The van der Waals surface area contributed by atoms with Crippen LogP contribution < -0.4 is 15.8 Å². The maximum Gasteiger partial charge on any atom is 0.343 e. The highest BCUT2D eigenvalue weighted by Gasteiger charge is 2.11. The van der Waals surface area contributed by atoms with E-state index in [9.17, 15) is 14.0 Å². The van der Waals surface area contributed by atoms with Crippen molar-refractivity contribution in [3.05, 3.63) is 81.5 Å². The Hall–Kier alpha value is -3.41. The molecule has 0 aliphatic carbocycles. The van der Waals surface area contributed by atoms with Gasteiger partial charge in [-0.3, -0.25) is 4.79 Å². The Morgan fingerprint density at radius 2 is 1.84 bits per heavy atom. The van der Waals surface area contributed by atoms with Crippen molar-refractivity contribution in [3.63, 3.8) is 0 Å². The Labute approximate surface area is 181 Å². The van der Waals surface area contributed by atoms with Crippen LogP contribution in [0.15, 0.2) is 57.8 Å². The molecule has 162 valence electrons. The molecule has 1 heterocycles. The van der Waals surface area contributed by atoms with Gasteiger partial charge in [0.15, 0.2) is 0 Å². The van der Waals surface area contributed by atoms with Crippen molar-refractivity contribution >= 4 is 28.6 Å². The van der Waals surface area contributed by atoms with E-state index in [1.807, 2.05) is 25.1 Å². The highest BCUT2D eigenvalue weighted by atomic mass is 19.1. The molecule has 0 spiro atoms. The Morgan fingerprint density at radius 3 is 2.52 bits per heavy atom. The van der Waals surface area contributed by atoms with E-state index in [-0.39, 0.29) is 11.7 Å². The molecule has 31 heavy (non-hydrogen) atoms. The van der Waals surface area contributed by atoms with Gasteiger partial charge in [0.25, 0.3) is 0 Å². The number of hydrogen-bond donors (Lipinski definition) is 1. The second-order valence-corrected chi connectivity index (χ2v) is 7.28. The molecule has 0 atom stereocenters. The molecule has 0 radical (unpaired) electrons. The number of rotatable bonds is 8. The molecule has 6 heteroatoms. The number of fused-ring (bicyclic) bond motifs is 1. The molecular weight excluding hydrogens is 395 g/mol. The number of carbonyl (C=O) groups is 1. The lowest BCUT2D eigenvalue weighted by molar-refractivity contribution is -0.116. The molecular formula is C25H27FN2O3. The van der Waals surface area contributed by atoms with Gasteiger partial charge in [0.1, 0.15) is 11.4 Å². The average Bonchev–Trinajstić information content (AvgIpc) is 2.75. The summed E-state index contributed by atoms with van der Waals surface area (Å²) in [5.74, 6) is -0.595. The van der Waals surface area contributed by atoms with Crippen molar-refractivity contribution in [1.29, 1.82) is 0 Å². The number of halogens is 1. The minimum atomic E-state index is -0.475. The normalized spacial score (nSPS) is 11.2. The van der Waals surface area contributed by atoms with E-state index in [2.05, 4.69) is 24.1 Å². The predicted molar refractivity (Wildman–Crippen MR) is 123 cm³/mol. The molecule has 0 aliphatic heterocycles. The SMILES string of the molecule is CCN(CC)c1ccc2c(C)c(/C=C/C(=O)NCCc3ccc(F)cc3)c(=O)oc2c1. The van der Waals surface area contributed by atoms with E-state index in [0.717, 1.165) is 35.3 Å². The van der Waals surface area contributed by atoms with Crippen LogP contribution in [0.2, 0.25) is 0 Å². The number of nitrogens with zero attached hydrogens (tertiary/aromatic N) is 1. The fraction of sp³-hybridized carbons (Fsp3) is 0.280. The van der Waals surface area contributed by atoms with Crippen LogP contribution in [0.3, 0.4) is 0 Å². The summed E-state index contributed by atoms with van der Waals surface area (Å²) in [6.45, 7) is 8.14. The summed E-state index contributed by atoms with van der Waals surface area (Å²) < 4.78 is 18.5. The third-order valence-corrected chi connectivity index (χ3v) is 5.35. The summed E-state index contributed by atoms with van der Waals surface area (Å²) in [6, 6.07) is 12.0. The highest BCUT2D eigenvalue weighted by molar-refractivity contribution is 5.93. The summed E-state index contributed by atoms with van der Waals surface area (Å²) in [4.78, 5) is 26.8. The number of amides is 1. The third kappa shape index (κ3) is 5.40. The molecule has 0 bridgehead atoms. The van der Waals surface area contributed by atoms with Crippen LogP contribution in [-0.4, -0.2) is 25.5 Å². The first-order valence-corrected chi connectivity index (χ1v) is 10.5. The van der Waals surface area contributed by atoms with Crippen LogP contribution in [0.1, 0.15) is 30.5 Å². The van der Waals surface area contributed by atoms with E-state index < -0.39 is 5.63 Å². The first kappa shape index (κ1) is 22.3. The zero-order valence-corrected chi connectivity index (χ0v) is 18.1. The monoisotopic (exact) mass is 422 g/mol. The smallest absolute Gasteiger partial charge is 0.343 e. The van der Waals surface area contributed by atoms with Gasteiger partial charge in [0, 0.05) is 42.9 Å². The van der Waals surface area contributed by atoms with Gasteiger partial charge in [0.05, 0.1) is 5.56 Å². The minimum Gasteiger partial charge on any atom is -0.422 e. The van der Waals surface area contributed by atoms with Gasteiger partial charge < -0.3 is 14.6 Å². The Kier molecular flexibility index (Phi) is 7.23. The summed E-state index contributed by atoms with van der Waals surface area (Å²) in [7, 11) is 0. The molecule has 3 aromatic rings. The lowest BCUT2D eigenvalue weighted by Crippen LogP contribution is -2.23. The summed E-state index contributed by atoms with van der Waals surface area (Å²) >= 11 is 0. The van der Waals surface area contributed by atoms with Gasteiger partial charge in [-0.25, -0.2) is 9.18 Å². The molecule has 0 saturated heterocycles. The topological polar surface area (TPSA) is 62.6 Å². The van der Waals surface area contributed by atoms with Gasteiger partial charge in [-0.2, -0.15) is 0 Å². The van der Waals surface area contributed by atoms with Crippen molar-refractivity contribution in [1.82, 2.24) is 5.32 Å². The second kappa shape index (κ2) is 10.1. The lowest BCUT2D eigenvalue weighted by atomic mass is 10.0. The minimum absolute atomic E-state index is 0.287. The summed E-state index contributed by atoms with van der Waals surface area (Å²) in [5, 5.41) is 3.61. The molecule has 0 aliphatic rings. The van der Waals surface area contributed by atoms with Crippen molar-refractivity contribution in [3.8, 4) is 0 Å². The standard InChI is InChI=1S/C25H27FN2O3/c1-4-28(5-2)20-10-11-21-17(3)22(25(30)31-23(21)16-20)12-13-24(29)27-15-14-18-6-8-19(26)9-7-18/h6-13,16H,4-5,14-15H2,1-3H3,(H,27,29)/b13-12+. The maximum absolute atomic E-state index is 12.9. The number of aryl methyl sites for hydroxylation is 1. The van der Waals surface area contributed by atoms with Crippen LogP contribution in [-0.2, 0) is 11.2 Å². The molecule has 3 rings (SSSR count). The lowest BCUT2D eigenvalue weighted by Gasteiger charge is -2.21. The first-order chi connectivity index (χ1) is 14.9. The van der Waals surface area contributed by atoms with Crippen molar-refractivity contribution in [2.45, 2.75) is 27.2 Å². The molecule has 1 amide bonds. The van der Waals surface area contributed by atoms with Crippen LogP contribution in [0.4, 0.5) is 10.1 Å². The van der Waals surface area contributed by atoms with Crippen molar-refractivity contribution in [2.75, 3.05) is 24.5 Å². The van der Waals surface area contributed by atoms with Crippen LogP contribution in [0.5, 0.6) is 0 Å². The van der Waals surface area contributed by atoms with E-state index in [0.29, 0.717) is 24.1 Å². The first-order valence-electron chi connectivity index (χ1n) is 10.5. The van der Waals surface area contributed by atoms with Crippen molar-refractivity contribution in [2.24, 2.45) is 0 Å². The van der Waals surface area contributed by atoms with E-state index >= 15 is 0 Å². The van der Waals surface area contributed by atoms with Crippen LogP contribution in [0.25, 0.3) is 17.0 Å². The molecule has 2 aromatic carbocycles. The van der Waals surface area contributed by atoms with E-state index in [1.165, 1.54) is 24.3 Å². The molecule has 0 unspecified atom stereocenters. The number of hydrogen-bond acceptors (Lipinski definition) is 4. The molecule has 0 fully saturated rings. The number of carbonyl (C=O) groups excluding carboxylic acids is 1. The molecule has 1 N–H and O–H groups in total. The van der Waals surface area contributed by atoms with Gasteiger partial charge in [-0.1, -0.05) is 12.1 Å². The van der Waals surface area contributed by atoms with E-state index in [1.54, 1.807) is 12.1 Å².